The Morgan fingerprint density at radius 1 is 1.47 bits per heavy atom. The fraction of sp³-hybridized carbons (Fsp3) is 0.273. The van der Waals surface area contributed by atoms with Gasteiger partial charge in [-0.3, -0.25) is 10.6 Å². The van der Waals surface area contributed by atoms with Gasteiger partial charge in [0.05, 0.1) is 11.9 Å². The largest absolute Gasteiger partial charge is 0.350 e. The Kier molecular flexibility index (Phi) is 4.04. The number of nitrogens with two attached hydrogens (primary N) is 1. The van der Waals surface area contributed by atoms with Gasteiger partial charge in [-0.15, -0.1) is 0 Å². The number of nitrogen functional groups attached to an aromatic ring is 1. The number of amides is 1. The minimum atomic E-state index is -0.264. The van der Waals surface area contributed by atoms with Crippen molar-refractivity contribution >= 4 is 11.6 Å². The van der Waals surface area contributed by atoms with Crippen molar-refractivity contribution in [1.82, 2.24) is 20.4 Å². The Morgan fingerprint density at radius 3 is 2.89 bits per heavy atom. The first-order valence-electron chi connectivity index (χ1n) is 5.69. The van der Waals surface area contributed by atoms with Crippen molar-refractivity contribution in [2.75, 3.05) is 12.0 Å². The number of hydrogen-bond donors (Lipinski definition) is 3. The van der Waals surface area contributed by atoms with Gasteiger partial charge in [0.25, 0.3) is 5.91 Å². The van der Waals surface area contributed by atoms with Gasteiger partial charge in [0, 0.05) is 13.0 Å². The summed E-state index contributed by atoms with van der Waals surface area (Å²) in [6, 6.07) is 3.25. The fourth-order valence-electron chi connectivity index (χ4n) is 1.43. The molecule has 0 radical (unpaired) electrons. The van der Waals surface area contributed by atoms with E-state index < -0.39 is 0 Å². The molecule has 2 rings (SSSR count). The molecule has 2 aromatic rings. The molecule has 100 valence electrons. The molecular weight excluding hydrogens is 248 g/mol. The van der Waals surface area contributed by atoms with E-state index in [1.807, 2.05) is 0 Å². The highest BCUT2D eigenvalue weighted by atomic mass is 16.5. The highest BCUT2D eigenvalue weighted by Crippen LogP contribution is 2.04. The van der Waals surface area contributed by atoms with Crippen LogP contribution in [-0.2, 0) is 6.42 Å². The maximum Gasteiger partial charge on any atom is 0.269 e. The van der Waals surface area contributed by atoms with Crippen LogP contribution in [0.3, 0.4) is 0 Å². The Balaban J connectivity index is 1.83. The standard InChI is InChI=1S/C11H14N6O2/c1-7-15-10(19-17-7)4-5-13-11(18)9-3-2-8(16-12)6-14-9/h2-3,6,16H,4-5,12H2,1H3,(H,13,18). The zero-order valence-corrected chi connectivity index (χ0v) is 10.4. The molecule has 19 heavy (non-hydrogen) atoms. The molecule has 0 bridgehead atoms. The predicted molar refractivity (Wildman–Crippen MR) is 67.1 cm³/mol. The van der Waals surface area contributed by atoms with Crippen LogP contribution in [0.5, 0.6) is 0 Å². The van der Waals surface area contributed by atoms with E-state index in [-0.39, 0.29) is 5.91 Å². The van der Waals surface area contributed by atoms with Crippen LogP contribution in [-0.4, -0.2) is 27.6 Å². The number of carbonyl (C=O) groups excluding carboxylic acids is 1. The molecular formula is C11H14N6O2. The van der Waals surface area contributed by atoms with Crippen LogP contribution in [0.2, 0.25) is 0 Å². The van der Waals surface area contributed by atoms with Gasteiger partial charge in [0.1, 0.15) is 5.69 Å². The van der Waals surface area contributed by atoms with Crippen molar-refractivity contribution in [3.05, 3.63) is 35.7 Å². The van der Waals surface area contributed by atoms with Crippen LogP contribution < -0.4 is 16.6 Å². The van der Waals surface area contributed by atoms with Gasteiger partial charge >= 0.3 is 0 Å². The van der Waals surface area contributed by atoms with Crippen LogP contribution in [0, 0.1) is 6.92 Å². The van der Waals surface area contributed by atoms with E-state index in [1.54, 1.807) is 19.1 Å². The second-order valence-corrected chi connectivity index (χ2v) is 3.82. The molecule has 0 fully saturated rings. The molecule has 2 aromatic heterocycles. The molecule has 0 aliphatic heterocycles. The van der Waals surface area contributed by atoms with Gasteiger partial charge in [-0.2, -0.15) is 4.98 Å². The summed E-state index contributed by atoms with van der Waals surface area (Å²) in [6.07, 6.45) is 1.96. The highest BCUT2D eigenvalue weighted by molar-refractivity contribution is 5.92. The molecule has 0 unspecified atom stereocenters. The third kappa shape index (κ3) is 3.49. The van der Waals surface area contributed by atoms with Gasteiger partial charge in [-0.1, -0.05) is 5.16 Å². The minimum absolute atomic E-state index is 0.264. The van der Waals surface area contributed by atoms with Crippen molar-refractivity contribution in [3.63, 3.8) is 0 Å². The first-order chi connectivity index (χ1) is 9.19. The number of anilines is 1. The number of pyridine rings is 1. The number of hydrazine groups is 1. The smallest absolute Gasteiger partial charge is 0.269 e. The zero-order valence-electron chi connectivity index (χ0n) is 10.4. The van der Waals surface area contributed by atoms with Crippen molar-refractivity contribution in [2.45, 2.75) is 13.3 Å². The average molecular weight is 262 g/mol. The molecule has 2 heterocycles. The molecule has 0 aliphatic carbocycles. The van der Waals surface area contributed by atoms with E-state index in [9.17, 15) is 4.79 Å². The second-order valence-electron chi connectivity index (χ2n) is 3.82. The SMILES string of the molecule is Cc1noc(CCNC(=O)c2ccc(NN)cn2)n1. The fourth-order valence-corrected chi connectivity index (χ4v) is 1.43. The van der Waals surface area contributed by atoms with Crippen LogP contribution >= 0.6 is 0 Å². The number of carbonyl (C=O) groups is 1. The Morgan fingerprint density at radius 2 is 2.32 bits per heavy atom. The normalized spacial score (nSPS) is 10.2. The second kappa shape index (κ2) is 5.91. The highest BCUT2D eigenvalue weighted by Gasteiger charge is 2.08. The minimum Gasteiger partial charge on any atom is -0.350 e. The maximum absolute atomic E-state index is 11.7. The molecule has 0 aliphatic rings. The predicted octanol–water partition coefficient (Wildman–Crippen LogP) is 0.0311. The third-order valence-corrected chi connectivity index (χ3v) is 2.36. The third-order valence-electron chi connectivity index (χ3n) is 2.36. The van der Waals surface area contributed by atoms with E-state index in [0.29, 0.717) is 36.1 Å². The van der Waals surface area contributed by atoms with Gasteiger partial charge in [0.15, 0.2) is 5.82 Å². The van der Waals surface area contributed by atoms with Crippen LogP contribution in [0.1, 0.15) is 22.2 Å². The maximum atomic E-state index is 11.7. The van der Waals surface area contributed by atoms with Crippen molar-refractivity contribution in [1.29, 1.82) is 0 Å². The number of aromatic nitrogens is 3. The van der Waals surface area contributed by atoms with E-state index in [0.717, 1.165) is 0 Å². The number of aryl methyl sites for hydroxylation is 1. The monoisotopic (exact) mass is 262 g/mol. The summed E-state index contributed by atoms with van der Waals surface area (Å²) in [6.45, 7) is 2.14. The lowest BCUT2D eigenvalue weighted by molar-refractivity contribution is 0.0948. The summed E-state index contributed by atoms with van der Waals surface area (Å²) < 4.78 is 4.93. The molecule has 0 spiro atoms. The summed E-state index contributed by atoms with van der Waals surface area (Å²) in [4.78, 5) is 19.8. The summed E-state index contributed by atoms with van der Waals surface area (Å²) in [5.74, 6) is 6.02. The lowest BCUT2D eigenvalue weighted by Gasteiger charge is -2.03. The first kappa shape index (κ1) is 13.0. The van der Waals surface area contributed by atoms with E-state index in [4.69, 9.17) is 10.4 Å². The quantitative estimate of drug-likeness (QED) is 0.513. The molecule has 8 nitrogen and oxygen atoms in total. The lowest BCUT2D eigenvalue weighted by Crippen LogP contribution is -2.26. The van der Waals surface area contributed by atoms with E-state index in [2.05, 4.69) is 25.9 Å². The van der Waals surface area contributed by atoms with Crippen LogP contribution in [0.15, 0.2) is 22.9 Å². The van der Waals surface area contributed by atoms with E-state index >= 15 is 0 Å². The van der Waals surface area contributed by atoms with Crippen molar-refractivity contribution < 1.29 is 9.32 Å². The van der Waals surface area contributed by atoms with Gasteiger partial charge in [-0.25, -0.2) is 4.98 Å². The molecule has 8 heteroatoms. The zero-order chi connectivity index (χ0) is 13.7. The molecule has 0 aromatic carbocycles. The molecule has 1 amide bonds. The molecule has 4 N–H and O–H groups in total. The molecule has 0 saturated heterocycles. The Labute approximate surface area is 109 Å². The molecule has 0 saturated carbocycles. The number of nitrogens with zero attached hydrogens (tertiary/aromatic N) is 3. The van der Waals surface area contributed by atoms with Crippen LogP contribution in [0.25, 0.3) is 0 Å². The van der Waals surface area contributed by atoms with Gasteiger partial charge in [0.2, 0.25) is 5.89 Å². The van der Waals surface area contributed by atoms with Gasteiger partial charge in [-0.05, 0) is 19.1 Å². The Bertz CT molecular complexity index is 551. The molecule has 0 atom stereocenters. The van der Waals surface area contributed by atoms with E-state index in [1.165, 1.54) is 6.20 Å². The average Bonchev–Trinajstić information content (AvgIpc) is 2.84. The first-order valence-corrected chi connectivity index (χ1v) is 5.69. The topological polar surface area (TPSA) is 119 Å². The van der Waals surface area contributed by atoms with Crippen molar-refractivity contribution in [3.8, 4) is 0 Å². The van der Waals surface area contributed by atoms with Gasteiger partial charge < -0.3 is 15.3 Å². The van der Waals surface area contributed by atoms with Crippen LogP contribution in [0.4, 0.5) is 5.69 Å². The van der Waals surface area contributed by atoms with Crippen molar-refractivity contribution in [2.24, 2.45) is 5.84 Å². The summed E-state index contributed by atoms with van der Waals surface area (Å²) in [5, 5.41) is 6.37. The number of rotatable bonds is 5. The summed E-state index contributed by atoms with van der Waals surface area (Å²) in [7, 11) is 0. The number of hydrogen-bond acceptors (Lipinski definition) is 7. The lowest BCUT2D eigenvalue weighted by atomic mass is 10.3. The Hall–Kier alpha value is -2.48. The summed E-state index contributed by atoms with van der Waals surface area (Å²) in [5.41, 5.74) is 3.40. The number of nitrogens with one attached hydrogen (secondary N) is 2. The summed E-state index contributed by atoms with van der Waals surface area (Å²) >= 11 is 0.